The van der Waals surface area contributed by atoms with E-state index in [1.807, 2.05) is 13.8 Å². The van der Waals surface area contributed by atoms with E-state index in [2.05, 4.69) is 10.2 Å². The number of hydrogen-bond acceptors (Lipinski definition) is 4. The highest BCUT2D eigenvalue weighted by molar-refractivity contribution is 6.20. The van der Waals surface area contributed by atoms with Crippen molar-refractivity contribution in [3.8, 4) is 0 Å². The first kappa shape index (κ1) is 11.9. The summed E-state index contributed by atoms with van der Waals surface area (Å²) in [4.78, 5) is 0. The van der Waals surface area contributed by atoms with E-state index in [4.69, 9.17) is 20.8 Å². The first-order chi connectivity index (χ1) is 7.69. The summed E-state index contributed by atoms with van der Waals surface area (Å²) < 4.78 is 11.0. The van der Waals surface area contributed by atoms with Crippen LogP contribution < -0.4 is 0 Å². The van der Waals surface area contributed by atoms with Crippen LogP contribution in [0.1, 0.15) is 43.8 Å². The van der Waals surface area contributed by atoms with E-state index in [-0.39, 0.29) is 5.38 Å². The summed E-state index contributed by atoms with van der Waals surface area (Å²) in [6.45, 7) is 4.65. The molecule has 4 nitrogen and oxygen atoms in total. The van der Waals surface area contributed by atoms with Crippen LogP contribution >= 0.6 is 11.6 Å². The maximum atomic E-state index is 5.85. The molecule has 1 heterocycles. The third-order valence-electron chi connectivity index (χ3n) is 2.88. The van der Waals surface area contributed by atoms with Gasteiger partial charge in [-0.15, -0.1) is 21.8 Å². The zero-order valence-electron chi connectivity index (χ0n) is 9.65. The molecule has 0 amide bonds. The molecule has 1 atom stereocenters. The fourth-order valence-electron chi connectivity index (χ4n) is 1.97. The molecule has 0 N–H and O–H groups in total. The third kappa shape index (κ3) is 2.74. The molecule has 0 bridgehead atoms. The van der Waals surface area contributed by atoms with Crippen LogP contribution in [-0.4, -0.2) is 22.9 Å². The van der Waals surface area contributed by atoms with Crippen LogP contribution in [-0.2, 0) is 11.2 Å². The minimum atomic E-state index is -0.209. The lowest BCUT2D eigenvalue weighted by Crippen LogP contribution is -2.32. The van der Waals surface area contributed by atoms with Crippen molar-refractivity contribution in [1.29, 1.82) is 0 Å². The van der Waals surface area contributed by atoms with Gasteiger partial charge in [0.05, 0.1) is 6.10 Å². The number of halogens is 1. The Morgan fingerprint density at radius 3 is 2.81 bits per heavy atom. The molecule has 0 aliphatic heterocycles. The Morgan fingerprint density at radius 2 is 2.25 bits per heavy atom. The van der Waals surface area contributed by atoms with Gasteiger partial charge in [0, 0.05) is 13.0 Å². The number of ether oxygens (including phenoxy) is 1. The monoisotopic (exact) mass is 244 g/mol. The van der Waals surface area contributed by atoms with Gasteiger partial charge in [0.1, 0.15) is 5.38 Å². The number of nitrogens with zero attached hydrogens (tertiary/aromatic N) is 2. The van der Waals surface area contributed by atoms with E-state index in [1.54, 1.807) is 0 Å². The maximum Gasteiger partial charge on any atom is 0.234 e. The Balaban J connectivity index is 1.78. The van der Waals surface area contributed by atoms with E-state index in [0.29, 0.717) is 23.8 Å². The van der Waals surface area contributed by atoms with Crippen LogP contribution in [0.15, 0.2) is 4.42 Å². The van der Waals surface area contributed by atoms with Crippen LogP contribution in [0, 0.1) is 5.92 Å². The largest absolute Gasteiger partial charge is 0.424 e. The van der Waals surface area contributed by atoms with Crippen molar-refractivity contribution in [3.05, 3.63) is 11.8 Å². The second-order valence-corrected chi connectivity index (χ2v) is 4.92. The normalized spacial score (nSPS) is 26.4. The molecule has 1 saturated carbocycles. The van der Waals surface area contributed by atoms with Crippen LogP contribution in [0.3, 0.4) is 0 Å². The number of hydrogen-bond donors (Lipinski definition) is 0. The van der Waals surface area contributed by atoms with Gasteiger partial charge in [-0.3, -0.25) is 0 Å². The molecule has 0 saturated heterocycles. The summed E-state index contributed by atoms with van der Waals surface area (Å²) >= 11 is 5.85. The van der Waals surface area contributed by atoms with Gasteiger partial charge in [-0.25, -0.2) is 0 Å². The number of alkyl halides is 1. The van der Waals surface area contributed by atoms with Gasteiger partial charge in [0.2, 0.25) is 11.8 Å². The molecule has 90 valence electrons. The minimum absolute atomic E-state index is 0.209. The Morgan fingerprint density at radius 1 is 1.50 bits per heavy atom. The second kappa shape index (κ2) is 5.15. The molecule has 1 aliphatic rings. The van der Waals surface area contributed by atoms with E-state index in [0.717, 1.165) is 25.9 Å². The van der Waals surface area contributed by atoms with Crippen molar-refractivity contribution in [1.82, 2.24) is 10.2 Å². The van der Waals surface area contributed by atoms with Crippen molar-refractivity contribution in [2.24, 2.45) is 5.92 Å². The van der Waals surface area contributed by atoms with Gasteiger partial charge < -0.3 is 9.15 Å². The topological polar surface area (TPSA) is 48.2 Å². The molecule has 0 spiro atoms. The predicted molar refractivity (Wildman–Crippen MR) is 60.4 cm³/mol. The average Bonchev–Trinajstić information content (AvgIpc) is 2.63. The lowest BCUT2D eigenvalue weighted by atomic mass is 9.80. The highest BCUT2D eigenvalue weighted by Crippen LogP contribution is 2.32. The molecule has 1 aliphatic carbocycles. The molecule has 5 heteroatoms. The molecule has 1 aromatic rings. The summed E-state index contributed by atoms with van der Waals surface area (Å²) in [5, 5.41) is 7.68. The van der Waals surface area contributed by atoms with Crippen molar-refractivity contribution in [2.45, 2.75) is 44.6 Å². The minimum Gasteiger partial charge on any atom is -0.424 e. The van der Waals surface area contributed by atoms with Gasteiger partial charge in [-0.2, -0.15) is 0 Å². The standard InChI is InChI=1S/C11H17ClN2O2/c1-3-15-9-4-8(5-9)6-10-13-14-11(16-10)7(2)12/h7-9H,3-6H2,1-2H3. The van der Waals surface area contributed by atoms with Crippen LogP contribution in [0.5, 0.6) is 0 Å². The fraction of sp³-hybridized carbons (Fsp3) is 0.818. The summed E-state index contributed by atoms with van der Waals surface area (Å²) in [5.74, 6) is 1.83. The van der Waals surface area contributed by atoms with E-state index in [1.165, 1.54) is 0 Å². The maximum absolute atomic E-state index is 5.85. The quantitative estimate of drug-likeness (QED) is 0.748. The van der Waals surface area contributed by atoms with Gasteiger partial charge in [-0.1, -0.05) is 0 Å². The lowest BCUT2D eigenvalue weighted by molar-refractivity contribution is -0.0255. The van der Waals surface area contributed by atoms with Gasteiger partial charge >= 0.3 is 0 Å². The summed E-state index contributed by atoms with van der Waals surface area (Å²) in [7, 11) is 0. The van der Waals surface area contributed by atoms with E-state index in [9.17, 15) is 0 Å². The molecule has 1 unspecified atom stereocenters. The highest BCUT2D eigenvalue weighted by Gasteiger charge is 2.31. The van der Waals surface area contributed by atoms with Gasteiger partial charge in [0.25, 0.3) is 0 Å². The lowest BCUT2D eigenvalue weighted by Gasteiger charge is -2.33. The summed E-state index contributed by atoms with van der Waals surface area (Å²) in [6, 6.07) is 0. The fourth-order valence-corrected chi connectivity index (χ4v) is 2.06. The first-order valence-corrected chi connectivity index (χ1v) is 6.20. The van der Waals surface area contributed by atoms with Gasteiger partial charge in [-0.05, 0) is 32.6 Å². The number of rotatable bonds is 5. The third-order valence-corrected chi connectivity index (χ3v) is 3.07. The molecule has 1 fully saturated rings. The Bertz CT molecular complexity index is 334. The molecule has 1 aromatic heterocycles. The zero-order valence-corrected chi connectivity index (χ0v) is 10.4. The highest BCUT2D eigenvalue weighted by atomic mass is 35.5. The first-order valence-electron chi connectivity index (χ1n) is 5.77. The van der Waals surface area contributed by atoms with Crippen molar-refractivity contribution >= 4 is 11.6 Å². The summed E-state index contributed by atoms with van der Waals surface area (Å²) in [5.41, 5.74) is 0. The zero-order chi connectivity index (χ0) is 11.5. The molecule has 2 rings (SSSR count). The molecule has 16 heavy (non-hydrogen) atoms. The second-order valence-electron chi connectivity index (χ2n) is 4.27. The van der Waals surface area contributed by atoms with E-state index < -0.39 is 0 Å². The van der Waals surface area contributed by atoms with Gasteiger partial charge in [0.15, 0.2) is 0 Å². The van der Waals surface area contributed by atoms with Crippen LogP contribution in [0.4, 0.5) is 0 Å². The average molecular weight is 245 g/mol. The molecule has 0 radical (unpaired) electrons. The summed E-state index contributed by atoms with van der Waals surface area (Å²) in [6.07, 6.45) is 3.48. The van der Waals surface area contributed by atoms with E-state index >= 15 is 0 Å². The van der Waals surface area contributed by atoms with Crippen molar-refractivity contribution in [2.75, 3.05) is 6.61 Å². The Kier molecular flexibility index (Phi) is 3.82. The van der Waals surface area contributed by atoms with Crippen LogP contribution in [0.25, 0.3) is 0 Å². The SMILES string of the molecule is CCOC1CC(Cc2nnc(C(C)Cl)o2)C1. The van der Waals surface area contributed by atoms with Crippen molar-refractivity contribution < 1.29 is 9.15 Å². The van der Waals surface area contributed by atoms with Crippen LogP contribution in [0.2, 0.25) is 0 Å². The predicted octanol–water partition coefficient (Wildman–Crippen LogP) is 2.73. The van der Waals surface area contributed by atoms with Crippen molar-refractivity contribution in [3.63, 3.8) is 0 Å². The Hall–Kier alpha value is -0.610. The molecule has 0 aromatic carbocycles. The Labute approximate surface area is 100 Å². The smallest absolute Gasteiger partial charge is 0.234 e. The molecular formula is C11H17ClN2O2. The number of aromatic nitrogens is 2. The molecular weight excluding hydrogens is 228 g/mol.